The Bertz CT molecular complexity index is 934. The summed E-state index contributed by atoms with van der Waals surface area (Å²) in [7, 11) is 0. The van der Waals surface area contributed by atoms with E-state index >= 15 is 0 Å². The highest BCUT2D eigenvalue weighted by Crippen LogP contribution is 2.28. The van der Waals surface area contributed by atoms with Crippen molar-refractivity contribution in [3.63, 3.8) is 0 Å². The average molecular weight is 370 g/mol. The largest absolute Gasteiger partial charge is 0.504 e. The number of nitrogens with one attached hydrogen (secondary N) is 1. The van der Waals surface area contributed by atoms with Gasteiger partial charge in [-0.25, -0.2) is 0 Å². The van der Waals surface area contributed by atoms with E-state index < -0.39 is 12.1 Å². The molecule has 2 amide bonds. The van der Waals surface area contributed by atoms with Crippen LogP contribution in [-0.4, -0.2) is 23.1 Å². The van der Waals surface area contributed by atoms with Crippen LogP contribution in [0.4, 0.5) is 0 Å². The molecule has 6 nitrogen and oxygen atoms in total. The molecule has 26 heavy (non-hydrogen) atoms. The predicted octanol–water partition coefficient (Wildman–Crippen LogP) is 3.25. The quantitative estimate of drug-likeness (QED) is 0.580. The number of phenolic OH excluding ortho intramolecular Hbond substituents is 1. The molecule has 4 N–H and O–H groups in total. The number of carbonyl (C=O) groups excluding carboxylic acids is 2. The Hall–Kier alpha value is -3.06. The van der Waals surface area contributed by atoms with Gasteiger partial charge in [0.1, 0.15) is 0 Å². The van der Waals surface area contributed by atoms with Gasteiger partial charge in [-0.05, 0) is 35.7 Å². The van der Waals surface area contributed by atoms with Crippen molar-refractivity contribution in [2.24, 2.45) is 5.73 Å². The summed E-state index contributed by atoms with van der Waals surface area (Å²) in [5.74, 6) is -0.933. The first-order valence-electron chi connectivity index (χ1n) is 8.07. The second kappa shape index (κ2) is 7.45. The van der Waals surface area contributed by atoms with Crippen LogP contribution in [0.1, 0.15) is 33.4 Å². The van der Waals surface area contributed by atoms with E-state index in [2.05, 4.69) is 5.32 Å². The Morgan fingerprint density at radius 2 is 2.00 bits per heavy atom. The number of phenols is 1. The van der Waals surface area contributed by atoms with Crippen LogP contribution < -0.4 is 15.8 Å². The Morgan fingerprint density at radius 1 is 1.23 bits per heavy atom. The van der Waals surface area contributed by atoms with Gasteiger partial charge in [-0.15, -0.1) is 11.3 Å². The van der Waals surface area contributed by atoms with Crippen LogP contribution in [-0.2, 0) is 0 Å². The maximum Gasteiger partial charge on any atom is 0.264 e. The van der Waals surface area contributed by atoms with Crippen molar-refractivity contribution in [2.45, 2.75) is 19.6 Å². The molecular weight excluding hydrogens is 352 g/mol. The summed E-state index contributed by atoms with van der Waals surface area (Å²) in [4.78, 5) is 24.2. The number of aromatic hydroxyl groups is 1. The average Bonchev–Trinajstić information content (AvgIpc) is 3.06. The van der Waals surface area contributed by atoms with Crippen LogP contribution >= 0.6 is 11.3 Å². The lowest BCUT2D eigenvalue weighted by Gasteiger charge is -2.19. The Balaban J connectivity index is 1.73. The molecule has 0 aliphatic heterocycles. The molecule has 1 heterocycles. The fourth-order valence-electron chi connectivity index (χ4n) is 2.45. The van der Waals surface area contributed by atoms with Gasteiger partial charge < -0.3 is 20.9 Å². The van der Waals surface area contributed by atoms with Gasteiger partial charge in [-0.1, -0.05) is 25.1 Å². The van der Waals surface area contributed by atoms with E-state index in [4.69, 9.17) is 10.5 Å². The molecule has 0 aliphatic carbocycles. The third-order valence-electron chi connectivity index (χ3n) is 3.82. The fraction of sp³-hybridized carbons (Fsp3) is 0.158. The van der Waals surface area contributed by atoms with Crippen LogP contribution in [0.5, 0.6) is 11.5 Å². The number of thiophene rings is 1. The van der Waals surface area contributed by atoms with Gasteiger partial charge in [0, 0.05) is 16.7 Å². The van der Waals surface area contributed by atoms with Gasteiger partial charge in [0.05, 0.1) is 4.88 Å². The van der Waals surface area contributed by atoms with Gasteiger partial charge in [-0.3, -0.25) is 9.59 Å². The summed E-state index contributed by atoms with van der Waals surface area (Å²) in [5.41, 5.74) is 5.35. The summed E-state index contributed by atoms with van der Waals surface area (Å²) >= 11 is 1.40. The number of rotatable bonds is 6. The molecule has 1 atom stereocenters. The minimum atomic E-state index is -0.642. The van der Waals surface area contributed by atoms with Crippen molar-refractivity contribution < 1.29 is 19.4 Å². The van der Waals surface area contributed by atoms with E-state index in [1.807, 2.05) is 37.3 Å². The number of ether oxygens (including phenoxy) is 1. The molecule has 1 aromatic heterocycles. The van der Waals surface area contributed by atoms with Gasteiger partial charge >= 0.3 is 0 Å². The van der Waals surface area contributed by atoms with Crippen molar-refractivity contribution in [1.29, 1.82) is 0 Å². The van der Waals surface area contributed by atoms with Gasteiger partial charge in [-0.2, -0.15) is 0 Å². The Labute approximate surface area is 154 Å². The number of primary amides is 1. The third kappa shape index (κ3) is 3.78. The van der Waals surface area contributed by atoms with E-state index in [0.717, 1.165) is 10.1 Å². The molecule has 0 radical (unpaired) electrons. The van der Waals surface area contributed by atoms with E-state index in [1.165, 1.54) is 29.5 Å². The molecule has 0 spiro atoms. The molecule has 3 aromatic rings. The van der Waals surface area contributed by atoms with Crippen molar-refractivity contribution >= 4 is 33.2 Å². The molecule has 1 unspecified atom stereocenters. The van der Waals surface area contributed by atoms with Crippen molar-refractivity contribution in [1.82, 2.24) is 5.32 Å². The van der Waals surface area contributed by atoms with Crippen LogP contribution in [0.25, 0.3) is 10.1 Å². The molecule has 0 bridgehead atoms. The van der Waals surface area contributed by atoms with Crippen molar-refractivity contribution in [3.8, 4) is 11.5 Å². The first-order chi connectivity index (χ1) is 12.5. The smallest absolute Gasteiger partial charge is 0.264 e. The molecular formula is C19H18N2O4S. The third-order valence-corrected chi connectivity index (χ3v) is 4.94. The maximum absolute atomic E-state index is 12.5. The number of fused-ring (bicyclic) bond motifs is 1. The molecule has 0 fully saturated rings. The highest BCUT2D eigenvalue weighted by Gasteiger charge is 2.17. The topological polar surface area (TPSA) is 102 Å². The van der Waals surface area contributed by atoms with Crippen molar-refractivity contribution in [3.05, 3.63) is 59.0 Å². The number of hydrogen-bond donors (Lipinski definition) is 3. The SMILES string of the molecule is CCC(NC(=O)c1cc2ccccc2s1)Oc1ccc(C(N)=O)cc1O. The summed E-state index contributed by atoms with van der Waals surface area (Å²) in [6, 6.07) is 13.7. The van der Waals surface area contributed by atoms with Crippen molar-refractivity contribution in [2.75, 3.05) is 0 Å². The second-order valence-corrected chi connectivity index (χ2v) is 6.77. The summed E-state index contributed by atoms with van der Waals surface area (Å²) in [5, 5.41) is 13.8. The second-order valence-electron chi connectivity index (χ2n) is 5.68. The zero-order valence-corrected chi connectivity index (χ0v) is 14.9. The monoisotopic (exact) mass is 370 g/mol. The van der Waals surface area contributed by atoms with E-state index in [0.29, 0.717) is 11.3 Å². The van der Waals surface area contributed by atoms with Crippen LogP contribution in [0.2, 0.25) is 0 Å². The molecule has 134 valence electrons. The van der Waals surface area contributed by atoms with Gasteiger partial charge in [0.15, 0.2) is 17.7 Å². The number of amides is 2. The molecule has 0 saturated carbocycles. The van der Waals surface area contributed by atoms with E-state index in [9.17, 15) is 14.7 Å². The summed E-state index contributed by atoms with van der Waals surface area (Å²) in [6.45, 7) is 1.85. The lowest BCUT2D eigenvalue weighted by Crippen LogP contribution is -2.38. The Kier molecular flexibility index (Phi) is 5.09. The normalized spacial score (nSPS) is 11.9. The van der Waals surface area contributed by atoms with Crippen LogP contribution in [0.15, 0.2) is 48.5 Å². The molecule has 3 rings (SSSR count). The molecule has 2 aromatic carbocycles. The summed E-state index contributed by atoms with van der Waals surface area (Å²) in [6.07, 6.45) is -0.133. The first kappa shape index (κ1) is 17.8. The summed E-state index contributed by atoms with van der Waals surface area (Å²) < 4.78 is 6.70. The first-order valence-corrected chi connectivity index (χ1v) is 8.88. The fourth-order valence-corrected chi connectivity index (χ4v) is 3.42. The number of benzene rings is 2. The molecule has 0 saturated heterocycles. The maximum atomic E-state index is 12.5. The number of hydrogen-bond acceptors (Lipinski definition) is 5. The van der Waals surface area contributed by atoms with E-state index in [-0.39, 0.29) is 23.0 Å². The predicted molar refractivity (Wildman–Crippen MR) is 101 cm³/mol. The van der Waals surface area contributed by atoms with E-state index in [1.54, 1.807) is 0 Å². The Morgan fingerprint density at radius 3 is 2.65 bits per heavy atom. The highest BCUT2D eigenvalue weighted by molar-refractivity contribution is 7.20. The molecule has 0 aliphatic rings. The zero-order chi connectivity index (χ0) is 18.7. The lowest BCUT2D eigenvalue weighted by molar-refractivity contribution is 0.0821. The standard InChI is InChI=1S/C19H18N2O4S/c1-2-17(25-14-8-7-12(18(20)23)9-13(14)22)21-19(24)16-10-11-5-3-4-6-15(11)26-16/h3-10,17,22H,2H2,1H3,(H2,20,23)(H,21,24). The zero-order valence-electron chi connectivity index (χ0n) is 14.1. The van der Waals surface area contributed by atoms with Gasteiger partial charge in [0.2, 0.25) is 5.91 Å². The number of carbonyl (C=O) groups is 2. The highest BCUT2D eigenvalue weighted by atomic mass is 32.1. The van der Waals surface area contributed by atoms with Crippen LogP contribution in [0.3, 0.4) is 0 Å². The number of nitrogens with two attached hydrogens (primary N) is 1. The minimum absolute atomic E-state index is 0.165. The molecule has 7 heteroatoms. The minimum Gasteiger partial charge on any atom is -0.504 e. The van der Waals surface area contributed by atoms with Crippen LogP contribution in [0, 0.1) is 0 Å². The van der Waals surface area contributed by atoms with Gasteiger partial charge in [0.25, 0.3) is 5.91 Å². The lowest BCUT2D eigenvalue weighted by atomic mass is 10.2.